The van der Waals surface area contributed by atoms with Crippen LogP contribution in [0.4, 0.5) is 5.69 Å². The van der Waals surface area contributed by atoms with Gasteiger partial charge in [-0.3, -0.25) is 4.79 Å². The van der Waals surface area contributed by atoms with Gasteiger partial charge in [-0.1, -0.05) is 12.1 Å². The van der Waals surface area contributed by atoms with Crippen molar-refractivity contribution in [2.45, 2.75) is 25.0 Å². The molecule has 2 unspecified atom stereocenters. The summed E-state index contributed by atoms with van der Waals surface area (Å²) in [7, 11) is 1.73. The summed E-state index contributed by atoms with van der Waals surface area (Å²) in [6.45, 7) is 1.36. The highest BCUT2D eigenvalue weighted by Crippen LogP contribution is 2.28. The van der Waals surface area contributed by atoms with Crippen LogP contribution in [-0.2, 0) is 4.74 Å². The first kappa shape index (κ1) is 13.8. The van der Waals surface area contributed by atoms with Crippen LogP contribution < -0.4 is 16.4 Å². The molecule has 5 nitrogen and oxygen atoms in total. The molecule has 1 aliphatic heterocycles. The van der Waals surface area contributed by atoms with Crippen LogP contribution in [0.25, 0.3) is 0 Å². The molecule has 1 aromatic rings. The first-order chi connectivity index (χ1) is 9.17. The lowest BCUT2D eigenvalue weighted by Crippen LogP contribution is -2.49. The van der Waals surface area contributed by atoms with Crippen LogP contribution in [0, 0.1) is 0 Å². The molecule has 1 amide bonds. The normalized spacial score (nSPS) is 23.4. The number of methoxy groups -OCH3 is 1. The van der Waals surface area contributed by atoms with Gasteiger partial charge in [0.05, 0.1) is 11.7 Å². The monoisotopic (exact) mass is 263 g/mol. The van der Waals surface area contributed by atoms with E-state index in [-0.39, 0.29) is 12.1 Å². The zero-order valence-corrected chi connectivity index (χ0v) is 11.2. The molecule has 19 heavy (non-hydrogen) atoms. The molecule has 4 N–H and O–H groups in total. The number of carbonyl (C=O) groups excluding carboxylic acids is 1. The summed E-state index contributed by atoms with van der Waals surface area (Å²) < 4.78 is 5.41. The van der Waals surface area contributed by atoms with E-state index in [9.17, 15) is 4.79 Å². The lowest BCUT2D eigenvalue weighted by Gasteiger charge is -2.40. The number of hydrogen-bond acceptors (Lipinski definition) is 4. The Hall–Kier alpha value is -1.59. The fraction of sp³-hybridized carbons (Fsp3) is 0.500. The molecular formula is C14H21N3O2. The molecule has 2 atom stereocenters. The quantitative estimate of drug-likeness (QED) is 0.839. The second kappa shape index (κ2) is 6.04. The van der Waals surface area contributed by atoms with Crippen LogP contribution in [0.2, 0.25) is 0 Å². The highest BCUT2D eigenvalue weighted by atomic mass is 16.5. The van der Waals surface area contributed by atoms with Gasteiger partial charge in [0.1, 0.15) is 0 Å². The lowest BCUT2D eigenvalue weighted by molar-refractivity contribution is 0.0709. The predicted octanol–water partition coefficient (Wildman–Crippen LogP) is 0.728. The van der Waals surface area contributed by atoms with Crippen molar-refractivity contribution in [3.05, 3.63) is 29.8 Å². The van der Waals surface area contributed by atoms with E-state index in [0.29, 0.717) is 12.1 Å². The lowest BCUT2D eigenvalue weighted by atomic mass is 9.97. The average molecular weight is 263 g/mol. The van der Waals surface area contributed by atoms with E-state index < -0.39 is 5.91 Å². The van der Waals surface area contributed by atoms with E-state index in [1.807, 2.05) is 18.2 Å². The SMILES string of the molecule is COC1CCN(c2ccccc2C(N)=O)C(CN)C1. The number of nitrogens with zero attached hydrogens (tertiary/aromatic N) is 1. The molecule has 1 saturated heterocycles. The molecule has 0 aromatic heterocycles. The molecule has 2 rings (SSSR count). The van der Waals surface area contributed by atoms with E-state index in [4.69, 9.17) is 16.2 Å². The van der Waals surface area contributed by atoms with Crippen molar-refractivity contribution in [1.82, 2.24) is 0 Å². The summed E-state index contributed by atoms with van der Waals surface area (Å²) in [5.41, 5.74) is 12.7. The van der Waals surface area contributed by atoms with Gasteiger partial charge < -0.3 is 21.1 Å². The van der Waals surface area contributed by atoms with Gasteiger partial charge >= 0.3 is 0 Å². The number of primary amides is 1. The maximum absolute atomic E-state index is 11.5. The maximum atomic E-state index is 11.5. The fourth-order valence-corrected chi connectivity index (χ4v) is 2.70. The summed E-state index contributed by atoms with van der Waals surface area (Å²) in [5.74, 6) is -0.403. The smallest absolute Gasteiger partial charge is 0.250 e. The van der Waals surface area contributed by atoms with Crippen molar-refractivity contribution in [3.63, 3.8) is 0 Å². The molecule has 0 spiro atoms. The number of nitrogens with two attached hydrogens (primary N) is 2. The fourth-order valence-electron chi connectivity index (χ4n) is 2.70. The molecular weight excluding hydrogens is 242 g/mol. The number of para-hydroxylation sites is 1. The van der Waals surface area contributed by atoms with Gasteiger partial charge in [-0.2, -0.15) is 0 Å². The Kier molecular flexibility index (Phi) is 4.39. The molecule has 1 aliphatic rings. The minimum atomic E-state index is -0.403. The van der Waals surface area contributed by atoms with E-state index in [2.05, 4.69) is 4.90 Å². The largest absolute Gasteiger partial charge is 0.381 e. The molecule has 0 radical (unpaired) electrons. The maximum Gasteiger partial charge on any atom is 0.250 e. The van der Waals surface area contributed by atoms with Gasteiger partial charge in [0.25, 0.3) is 5.91 Å². The molecule has 0 saturated carbocycles. The van der Waals surface area contributed by atoms with Crippen molar-refractivity contribution >= 4 is 11.6 Å². The summed E-state index contributed by atoms with van der Waals surface area (Å²) in [6, 6.07) is 7.60. The van der Waals surface area contributed by atoms with Crippen LogP contribution in [-0.4, -0.2) is 38.3 Å². The number of carbonyl (C=O) groups is 1. The Labute approximate surface area is 113 Å². The predicted molar refractivity (Wildman–Crippen MR) is 75.2 cm³/mol. The molecule has 0 bridgehead atoms. The Morgan fingerprint density at radius 1 is 1.47 bits per heavy atom. The van der Waals surface area contributed by atoms with Gasteiger partial charge in [0, 0.05) is 31.9 Å². The van der Waals surface area contributed by atoms with Crippen molar-refractivity contribution in [3.8, 4) is 0 Å². The number of piperidine rings is 1. The van der Waals surface area contributed by atoms with Crippen LogP contribution in [0.3, 0.4) is 0 Å². The number of anilines is 1. The zero-order valence-electron chi connectivity index (χ0n) is 11.2. The van der Waals surface area contributed by atoms with Gasteiger partial charge in [0.2, 0.25) is 0 Å². The molecule has 1 heterocycles. The van der Waals surface area contributed by atoms with Gasteiger partial charge in [0.15, 0.2) is 0 Å². The van der Waals surface area contributed by atoms with Crippen LogP contribution in [0.1, 0.15) is 23.2 Å². The average Bonchev–Trinajstić information content (AvgIpc) is 2.46. The molecule has 5 heteroatoms. The Morgan fingerprint density at radius 2 is 2.21 bits per heavy atom. The third kappa shape index (κ3) is 2.88. The highest BCUT2D eigenvalue weighted by molar-refractivity contribution is 5.98. The van der Waals surface area contributed by atoms with Gasteiger partial charge in [-0.05, 0) is 25.0 Å². The molecule has 1 aromatic carbocycles. The minimum absolute atomic E-state index is 0.180. The number of rotatable bonds is 4. The Morgan fingerprint density at radius 3 is 2.84 bits per heavy atom. The first-order valence-electron chi connectivity index (χ1n) is 6.55. The van der Waals surface area contributed by atoms with Crippen molar-refractivity contribution in [2.75, 3.05) is 25.1 Å². The topological polar surface area (TPSA) is 81.6 Å². The third-order valence-electron chi connectivity index (χ3n) is 3.75. The van der Waals surface area contributed by atoms with Gasteiger partial charge in [-0.15, -0.1) is 0 Å². The number of hydrogen-bond donors (Lipinski definition) is 2. The highest BCUT2D eigenvalue weighted by Gasteiger charge is 2.29. The molecule has 1 fully saturated rings. The van der Waals surface area contributed by atoms with Gasteiger partial charge in [-0.25, -0.2) is 0 Å². The summed E-state index contributed by atoms with van der Waals surface area (Å²) in [6.07, 6.45) is 2.05. The van der Waals surface area contributed by atoms with Crippen molar-refractivity contribution in [1.29, 1.82) is 0 Å². The van der Waals surface area contributed by atoms with E-state index in [1.54, 1.807) is 13.2 Å². The Bertz CT molecular complexity index is 450. The molecule has 104 valence electrons. The van der Waals surface area contributed by atoms with Crippen LogP contribution in [0.5, 0.6) is 0 Å². The summed E-state index contributed by atoms with van der Waals surface area (Å²) in [4.78, 5) is 13.7. The van der Waals surface area contributed by atoms with Crippen LogP contribution in [0.15, 0.2) is 24.3 Å². The number of amides is 1. The second-order valence-corrected chi connectivity index (χ2v) is 4.85. The third-order valence-corrected chi connectivity index (χ3v) is 3.75. The Balaban J connectivity index is 2.28. The first-order valence-corrected chi connectivity index (χ1v) is 6.55. The standard InChI is InChI=1S/C14H21N3O2/c1-19-11-6-7-17(10(8-11)9-15)13-5-3-2-4-12(13)14(16)18/h2-5,10-11H,6-9,15H2,1H3,(H2,16,18). The minimum Gasteiger partial charge on any atom is -0.381 e. The summed E-state index contributed by atoms with van der Waals surface area (Å²) in [5, 5.41) is 0. The van der Waals surface area contributed by atoms with Crippen LogP contribution >= 0.6 is 0 Å². The van der Waals surface area contributed by atoms with E-state index >= 15 is 0 Å². The summed E-state index contributed by atoms with van der Waals surface area (Å²) >= 11 is 0. The second-order valence-electron chi connectivity index (χ2n) is 4.85. The van der Waals surface area contributed by atoms with Crippen molar-refractivity contribution < 1.29 is 9.53 Å². The zero-order chi connectivity index (χ0) is 13.8. The number of ether oxygens (including phenoxy) is 1. The molecule has 0 aliphatic carbocycles. The van der Waals surface area contributed by atoms with E-state index in [0.717, 1.165) is 25.1 Å². The van der Waals surface area contributed by atoms with E-state index in [1.165, 1.54) is 0 Å². The number of benzene rings is 1. The van der Waals surface area contributed by atoms with Crippen molar-refractivity contribution in [2.24, 2.45) is 11.5 Å².